The highest BCUT2D eigenvalue weighted by Crippen LogP contribution is 2.18. The van der Waals surface area contributed by atoms with Crippen molar-refractivity contribution in [2.75, 3.05) is 32.1 Å². The van der Waals surface area contributed by atoms with Gasteiger partial charge in [-0.3, -0.25) is 4.79 Å². The Balaban J connectivity index is 1.94. The van der Waals surface area contributed by atoms with E-state index >= 15 is 0 Å². The van der Waals surface area contributed by atoms with E-state index in [1.165, 1.54) is 18.4 Å². The molecular formula is C16H25N3O3S2. The van der Waals surface area contributed by atoms with Crippen molar-refractivity contribution in [1.82, 2.24) is 14.9 Å². The van der Waals surface area contributed by atoms with Crippen molar-refractivity contribution in [1.29, 1.82) is 0 Å². The maximum atomic E-state index is 12.1. The highest BCUT2D eigenvalue weighted by molar-refractivity contribution is 7.99. The lowest BCUT2D eigenvalue weighted by molar-refractivity contribution is -0.122. The van der Waals surface area contributed by atoms with E-state index in [-0.39, 0.29) is 22.9 Å². The first kappa shape index (κ1) is 19.2. The molecule has 2 N–H and O–H groups in total. The van der Waals surface area contributed by atoms with Gasteiger partial charge in [-0.25, -0.2) is 12.7 Å². The van der Waals surface area contributed by atoms with Gasteiger partial charge in [-0.2, -0.15) is 11.8 Å². The summed E-state index contributed by atoms with van der Waals surface area (Å²) in [5.41, 5.74) is 0.882. The minimum absolute atomic E-state index is 0.00693. The molecule has 1 aliphatic rings. The van der Waals surface area contributed by atoms with Crippen molar-refractivity contribution in [3.8, 4) is 0 Å². The first-order chi connectivity index (χ1) is 11.3. The smallest absolute Gasteiger partial charge is 0.242 e. The van der Waals surface area contributed by atoms with E-state index in [2.05, 4.69) is 10.6 Å². The van der Waals surface area contributed by atoms with Crippen LogP contribution in [0.5, 0.6) is 0 Å². The number of amides is 1. The maximum Gasteiger partial charge on any atom is 0.242 e. The van der Waals surface area contributed by atoms with E-state index in [0.717, 1.165) is 23.6 Å². The minimum atomic E-state index is -3.43. The number of nitrogens with zero attached hydrogens (tertiary/aromatic N) is 1. The van der Waals surface area contributed by atoms with E-state index in [4.69, 9.17) is 0 Å². The summed E-state index contributed by atoms with van der Waals surface area (Å²) < 4.78 is 25.3. The Morgan fingerprint density at radius 2 is 2.04 bits per heavy atom. The summed E-state index contributed by atoms with van der Waals surface area (Å²) in [5.74, 6) is 2.06. The second-order valence-electron chi connectivity index (χ2n) is 6.08. The van der Waals surface area contributed by atoms with Crippen LogP contribution in [-0.4, -0.2) is 56.8 Å². The third kappa shape index (κ3) is 4.95. The number of hydrogen-bond donors (Lipinski definition) is 2. The van der Waals surface area contributed by atoms with Gasteiger partial charge in [0.2, 0.25) is 15.9 Å². The van der Waals surface area contributed by atoms with Crippen LogP contribution >= 0.6 is 11.8 Å². The zero-order valence-electron chi connectivity index (χ0n) is 14.3. The summed E-state index contributed by atoms with van der Waals surface area (Å²) in [6.07, 6.45) is 0.463. The number of rotatable bonds is 6. The fourth-order valence-electron chi connectivity index (χ4n) is 2.50. The highest BCUT2D eigenvalue weighted by atomic mass is 32.2. The highest BCUT2D eigenvalue weighted by Gasteiger charge is 2.20. The predicted octanol–water partition coefficient (Wildman–Crippen LogP) is 1.21. The number of nitrogens with one attached hydrogen (secondary N) is 2. The Labute approximate surface area is 148 Å². The molecule has 2 atom stereocenters. The number of hydrogen-bond acceptors (Lipinski definition) is 5. The van der Waals surface area contributed by atoms with Crippen molar-refractivity contribution in [2.45, 2.75) is 30.3 Å². The summed E-state index contributed by atoms with van der Waals surface area (Å²) in [6.45, 7) is 2.84. The molecule has 24 heavy (non-hydrogen) atoms. The van der Waals surface area contributed by atoms with E-state index in [1.54, 1.807) is 24.3 Å². The summed E-state index contributed by atoms with van der Waals surface area (Å²) in [4.78, 5) is 12.4. The monoisotopic (exact) mass is 371 g/mol. The van der Waals surface area contributed by atoms with Gasteiger partial charge in [-0.05, 0) is 24.6 Å². The van der Waals surface area contributed by atoms with Crippen LogP contribution < -0.4 is 10.6 Å². The minimum Gasteiger partial charge on any atom is -0.350 e. The molecule has 2 rings (SSSR count). The normalized spacial score (nSPS) is 19.9. The second-order valence-corrected chi connectivity index (χ2v) is 9.38. The van der Waals surface area contributed by atoms with E-state index < -0.39 is 10.0 Å². The largest absolute Gasteiger partial charge is 0.350 e. The van der Waals surface area contributed by atoms with Crippen LogP contribution in [0.15, 0.2) is 29.2 Å². The number of carbonyl (C=O) groups excluding carboxylic acids is 1. The fourth-order valence-corrected chi connectivity index (χ4v) is 4.35. The second kappa shape index (κ2) is 8.33. The van der Waals surface area contributed by atoms with Gasteiger partial charge in [0.15, 0.2) is 0 Å². The number of sulfonamides is 1. The Morgan fingerprint density at radius 1 is 1.38 bits per heavy atom. The van der Waals surface area contributed by atoms with Crippen LogP contribution in [0.2, 0.25) is 0 Å². The van der Waals surface area contributed by atoms with Crippen LogP contribution in [0.3, 0.4) is 0 Å². The topological polar surface area (TPSA) is 78.5 Å². The van der Waals surface area contributed by atoms with Gasteiger partial charge in [0.25, 0.3) is 0 Å². The van der Waals surface area contributed by atoms with Gasteiger partial charge in [-0.1, -0.05) is 12.1 Å². The summed E-state index contributed by atoms with van der Waals surface area (Å²) in [5, 5.41) is 6.32. The van der Waals surface area contributed by atoms with Crippen LogP contribution in [0.25, 0.3) is 0 Å². The van der Waals surface area contributed by atoms with E-state index in [1.807, 2.05) is 18.7 Å². The molecule has 0 spiro atoms. The molecule has 1 aromatic rings. The van der Waals surface area contributed by atoms with Crippen LogP contribution in [0.1, 0.15) is 24.9 Å². The van der Waals surface area contributed by atoms with Crippen LogP contribution in [-0.2, 0) is 14.8 Å². The SMILES string of the molecule is CC(NC(=O)CC1CSCCN1)c1ccc(S(=O)(=O)N(C)C)cc1. The zero-order valence-corrected chi connectivity index (χ0v) is 15.9. The number of carbonyl (C=O) groups is 1. The Kier molecular flexibility index (Phi) is 6.68. The number of benzene rings is 1. The van der Waals surface area contributed by atoms with Crippen molar-refractivity contribution in [2.24, 2.45) is 0 Å². The molecule has 1 aromatic carbocycles. The van der Waals surface area contributed by atoms with Crippen molar-refractivity contribution < 1.29 is 13.2 Å². The number of thioether (sulfide) groups is 1. The van der Waals surface area contributed by atoms with E-state index in [9.17, 15) is 13.2 Å². The Bertz CT molecular complexity index is 654. The van der Waals surface area contributed by atoms with Crippen LogP contribution in [0.4, 0.5) is 0 Å². The molecule has 0 aliphatic carbocycles. The standard InChI is InChI=1S/C16H25N3O3S2/c1-12(18-16(20)10-14-11-23-9-8-17-14)13-4-6-15(7-5-13)24(21,22)19(2)3/h4-7,12,14,17H,8-11H2,1-3H3,(H,18,20). The third-order valence-corrected chi connectivity index (χ3v) is 6.93. The Morgan fingerprint density at radius 3 is 2.58 bits per heavy atom. The molecule has 2 unspecified atom stereocenters. The van der Waals surface area contributed by atoms with Gasteiger partial charge in [0.1, 0.15) is 0 Å². The summed E-state index contributed by atoms with van der Waals surface area (Å²) in [6, 6.07) is 6.71. The molecule has 1 amide bonds. The molecule has 1 fully saturated rings. The van der Waals surface area contributed by atoms with E-state index in [0.29, 0.717) is 6.42 Å². The molecule has 0 bridgehead atoms. The van der Waals surface area contributed by atoms with Crippen molar-refractivity contribution >= 4 is 27.7 Å². The van der Waals surface area contributed by atoms with Gasteiger partial charge < -0.3 is 10.6 Å². The van der Waals surface area contributed by atoms with Gasteiger partial charge >= 0.3 is 0 Å². The van der Waals surface area contributed by atoms with Crippen LogP contribution in [0, 0.1) is 0 Å². The molecule has 6 nitrogen and oxygen atoms in total. The van der Waals surface area contributed by atoms with Gasteiger partial charge in [-0.15, -0.1) is 0 Å². The summed E-state index contributed by atoms with van der Waals surface area (Å²) >= 11 is 1.86. The molecule has 1 saturated heterocycles. The average molecular weight is 372 g/mol. The van der Waals surface area contributed by atoms with Gasteiger partial charge in [0.05, 0.1) is 10.9 Å². The lowest BCUT2D eigenvalue weighted by Crippen LogP contribution is -2.41. The molecular weight excluding hydrogens is 346 g/mol. The molecule has 8 heteroatoms. The van der Waals surface area contributed by atoms with Crippen molar-refractivity contribution in [3.63, 3.8) is 0 Å². The zero-order chi connectivity index (χ0) is 17.7. The molecule has 1 aliphatic heterocycles. The Hall–Kier alpha value is -1.09. The lowest BCUT2D eigenvalue weighted by Gasteiger charge is -2.23. The average Bonchev–Trinajstić information content (AvgIpc) is 2.55. The molecule has 0 radical (unpaired) electrons. The molecule has 1 heterocycles. The lowest BCUT2D eigenvalue weighted by atomic mass is 10.1. The predicted molar refractivity (Wildman–Crippen MR) is 97.6 cm³/mol. The summed E-state index contributed by atoms with van der Waals surface area (Å²) in [7, 11) is -0.419. The first-order valence-electron chi connectivity index (χ1n) is 7.93. The molecule has 134 valence electrons. The quantitative estimate of drug-likeness (QED) is 0.786. The molecule has 0 aromatic heterocycles. The molecule has 0 saturated carbocycles. The first-order valence-corrected chi connectivity index (χ1v) is 10.5. The third-order valence-electron chi connectivity index (χ3n) is 3.97. The fraction of sp³-hybridized carbons (Fsp3) is 0.562. The van der Waals surface area contributed by atoms with Gasteiger partial charge in [0, 0.05) is 44.6 Å². The maximum absolute atomic E-state index is 12.1. The van der Waals surface area contributed by atoms with Crippen molar-refractivity contribution in [3.05, 3.63) is 29.8 Å².